The first-order valence-electron chi connectivity index (χ1n) is 10.8. The number of thioether (sulfide) groups is 1. The van der Waals surface area contributed by atoms with Crippen LogP contribution in [0.2, 0.25) is 0 Å². The zero-order chi connectivity index (χ0) is 25.7. The van der Waals surface area contributed by atoms with Gasteiger partial charge in [-0.3, -0.25) is 24.6 Å². The molecule has 184 valence electrons. The molecule has 1 fully saturated rings. The van der Waals surface area contributed by atoms with Crippen molar-refractivity contribution in [3.63, 3.8) is 0 Å². The highest BCUT2D eigenvalue weighted by molar-refractivity contribution is 8.15. The molecule has 1 heterocycles. The van der Waals surface area contributed by atoms with E-state index in [1.165, 1.54) is 42.3 Å². The van der Waals surface area contributed by atoms with Crippen molar-refractivity contribution >= 4 is 45.8 Å². The highest BCUT2D eigenvalue weighted by Gasteiger charge is 2.39. The number of nitro groups is 1. The lowest BCUT2D eigenvalue weighted by molar-refractivity contribution is -0.384. The van der Waals surface area contributed by atoms with Crippen molar-refractivity contribution in [2.24, 2.45) is 4.99 Å². The van der Waals surface area contributed by atoms with Crippen molar-refractivity contribution in [1.82, 2.24) is 4.90 Å². The van der Waals surface area contributed by atoms with E-state index in [-0.39, 0.29) is 41.8 Å². The van der Waals surface area contributed by atoms with Gasteiger partial charge in [-0.25, -0.2) is 9.38 Å². The van der Waals surface area contributed by atoms with Crippen molar-refractivity contribution in [1.29, 1.82) is 0 Å². The van der Waals surface area contributed by atoms with Gasteiger partial charge in [-0.1, -0.05) is 42.1 Å². The van der Waals surface area contributed by atoms with Crippen molar-refractivity contribution in [3.8, 4) is 5.75 Å². The molecule has 9 nitrogen and oxygen atoms in total. The number of nitrogens with zero attached hydrogens (tertiary/aromatic N) is 3. The number of hydrogen-bond acceptors (Lipinski definition) is 7. The molecule has 1 saturated heterocycles. The first-order valence-corrected chi connectivity index (χ1v) is 11.7. The van der Waals surface area contributed by atoms with Crippen LogP contribution in [-0.4, -0.2) is 39.2 Å². The van der Waals surface area contributed by atoms with E-state index in [0.29, 0.717) is 16.4 Å². The summed E-state index contributed by atoms with van der Waals surface area (Å²) in [6.45, 7) is 0.153. The van der Waals surface area contributed by atoms with Gasteiger partial charge in [-0.15, -0.1) is 0 Å². The van der Waals surface area contributed by atoms with Crippen LogP contribution in [0.4, 0.5) is 21.5 Å². The number of hydrogen-bond donors (Lipinski definition) is 1. The summed E-state index contributed by atoms with van der Waals surface area (Å²) >= 11 is 1.14. The largest absolute Gasteiger partial charge is 0.496 e. The van der Waals surface area contributed by atoms with Crippen LogP contribution in [0.1, 0.15) is 12.0 Å². The van der Waals surface area contributed by atoms with Gasteiger partial charge in [-0.05, 0) is 42.0 Å². The lowest BCUT2D eigenvalue weighted by Crippen LogP contribution is -2.33. The van der Waals surface area contributed by atoms with Gasteiger partial charge in [0.05, 0.1) is 30.3 Å². The number of carbonyl (C=O) groups is 2. The number of amidine groups is 1. The summed E-state index contributed by atoms with van der Waals surface area (Å²) in [4.78, 5) is 42.9. The zero-order valence-electron chi connectivity index (χ0n) is 19.1. The van der Waals surface area contributed by atoms with Crippen LogP contribution in [-0.2, 0) is 16.1 Å². The summed E-state index contributed by atoms with van der Waals surface area (Å²) in [5, 5.41) is 13.6. The Labute approximate surface area is 210 Å². The van der Waals surface area contributed by atoms with E-state index >= 15 is 0 Å². The van der Waals surface area contributed by atoms with E-state index in [9.17, 15) is 24.1 Å². The molecule has 11 heteroatoms. The molecule has 1 aliphatic heterocycles. The number of methoxy groups -OCH3 is 1. The number of ether oxygens (including phenoxy) is 1. The molecule has 1 N–H and O–H groups in total. The highest BCUT2D eigenvalue weighted by atomic mass is 32.2. The Balaban J connectivity index is 1.54. The minimum Gasteiger partial charge on any atom is -0.496 e. The Morgan fingerprint density at radius 2 is 1.89 bits per heavy atom. The van der Waals surface area contributed by atoms with Crippen molar-refractivity contribution in [2.45, 2.75) is 18.2 Å². The third kappa shape index (κ3) is 5.87. The van der Waals surface area contributed by atoms with Crippen LogP contribution in [0.3, 0.4) is 0 Å². The van der Waals surface area contributed by atoms with E-state index in [1.807, 2.05) is 18.2 Å². The maximum Gasteiger partial charge on any atom is 0.296 e. The molecule has 0 spiro atoms. The number of halogens is 1. The van der Waals surface area contributed by atoms with Gasteiger partial charge in [0, 0.05) is 6.42 Å². The van der Waals surface area contributed by atoms with Gasteiger partial charge in [-0.2, -0.15) is 0 Å². The van der Waals surface area contributed by atoms with E-state index in [2.05, 4.69) is 10.3 Å². The highest BCUT2D eigenvalue weighted by Crippen LogP contribution is 2.34. The maximum atomic E-state index is 13.3. The molecule has 1 atom stereocenters. The molecule has 0 aliphatic carbocycles. The third-order valence-corrected chi connectivity index (χ3v) is 6.48. The van der Waals surface area contributed by atoms with E-state index < -0.39 is 16.1 Å². The second-order valence-electron chi connectivity index (χ2n) is 7.78. The Morgan fingerprint density at radius 3 is 2.56 bits per heavy atom. The number of anilines is 1. The van der Waals surface area contributed by atoms with Gasteiger partial charge in [0.15, 0.2) is 5.17 Å². The molecule has 2 amide bonds. The second kappa shape index (κ2) is 11.0. The number of aliphatic imine (C=N–C) groups is 1. The van der Waals surface area contributed by atoms with Crippen LogP contribution < -0.4 is 10.1 Å². The first kappa shape index (κ1) is 24.9. The minimum absolute atomic E-state index is 0.00240. The summed E-state index contributed by atoms with van der Waals surface area (Å²) in [7, 11) is 1.38. The van der Waals surface area contributed by atoms with E-state index in [0.717, 1.165) is 11.8 Å². The van der Waals surface area contributed by atoms with Crippen LogP contribution in [0.15, 0.2) is 77.8 Å². The van der Waals surface area contributed by atoms with Crippen molar-refractivity contribution < 1.29 is 23.6 Å². The van der Waals surface area contributed by atoms with Crippen LogP contribution >= 0.6 is 11.8 Å². The predicted molar refractivity (Wildman–Crippen MR) is 135 cm³/mol. The van der Waals surface area contributed by atoms with Crippen molar-refractivity contribution in [2.75, 3.05) is 12.4 Å². The number of amides is 2. The summed E-state index contributed by atoms with van der Waals surface area (Å²) in [6, 6.07) is 18.9. The molecule has 1 unspecified atom stereocenters. The first-order chi connectivity index (χ1) is 17.3. The third-order valence-electron chi connectivity index (χ3n) is 5.30. The SMILES string of the molecule is COc1ccc(NC(=O)CC2SC(=Nc3ccccc3)N(Cc3ccc(F)cc3)C2=O)c([N+](=O)[O-])c1. The predicted octanol–water partition coefficient (Wildman–Crippen LogP) is 4.90. The molecule has 0 aromatic heterocycles. The van der Waals surface area contributed by atoms with Gasteiger partial charge in [0.1, 0.15) is 22.5 Å². The fourth-order valence-electron chi connectivity index (χ4n) is 3.52. The molecule has 0 bridgehead atoms. The van der Waals surface area contributed by atoms with Crippen molar-refractivity contribution in [3.05, 3.63) is 94.3 Å². The number of nitro benzene ring substituents is 1. The molecule has 0 radical (unpaired) electrons. The van der Waals surface area contributed by atoms with Gasteiger partial charge in [0.25, 0.3) is 5.69 Å². The number of rotatable bonds is 8. The fraction of sp³-hybridized carbons (Fsp3) is 0.160. The summed E-state index contributed by atoms with van der Waals surface area (Å²) in [6.07, 6.45) is -0.222. The lowest BCUT2D eigenvalue weighted by Gasteiger charge is -2.16. The van der Waals surface area contributed by atoms with E-state index in [4.69, 9.17) is 4.74 Å². The average molecular weight is 509 g/mol. The average Bonchev–Trinajstić information content (AvgIpc) is 3.14. The number of carbonyl (C=O) groups excluding carboxylic acids is 2. The monoisotopic (exact) mass is 508 g/mol. The molecule has 4 rings (SSSR count). The fourth-order valence-corrected chi connectivity index (χ4v) is 4.68. The number of para-hydroxylation sites is 1. The minimum atomic E-state index is -0.787. The molecular formula is C25H21FN4O5S. The van der Waals surface area contributed by atoms with Gasteiger partial charge in [0.2, 0.25) is 11.8 Å². The smallest absolute Gasteiger partial charge is 0.296 e. The van der Waals surface area contributed by atoms with Crippen LogP contribution in [0, 0.1) is 15.9 Å². The van der Waals surface area contributed by atoms with Gasteiger partial charge < -0.3 is 10.1 Å². The van der Waals surface area contributed by atoms with Gasteiger partial charge >= 0.3 is 0 Å². The van der Waals surface area contributed by atoms with Crippen LogP contribution in [0.25, 0.3) is 0 Å². The molecule has 3 aromatic carbocycles. The number of nitrogens with one attached hydrogen (secondary N) is 1. The lowest BCUT2D eigenvalue weighted by atomic mass is 10.2. The Kier molecular flexibility index (Phi) is 7.59. The summed E-state index contributed by atoms with van der Waals surface area (Å²) < 4.78 is 18.4. The molecule has 3 aromatic rings. The summed E-state index contributed by atoms with van der Waals surface area (Å²) in [5.74, 6) is -1.00. The summed E-state index contributed by atoms with van der Waals surface area (Å²) in [5.41, 5.74) is 1.01. The Morgan fingerprint density at radius 1 is 1.17 bits per heavy atom. The van der Waals surface area contributed by atoms with E-state index in [1.54, 1.807) is 24.3 Å². The molecule has 1 aliphatic rings. The number of benzene rings is 3. The quantitative estimate of drug-likeness (QED) is 0.342. The Hall–Kier alpha value is -4.25. The second-order valence-corrected chi connectivity index (χ2v) is 8.95. The maximum absolute atomic E-state index is 13.3. The van der Waals surface area contributed by atoms with Crippen LogP contribution in [0.5, 0.6) is 5.75 Å². The molecule has 36 heavy (non-hydrogen) atoms. The molecular weight excluding hydrogens is 487 g/mol. The normalized spacial score (nSPS) is 16.3. The zero-order valence-corrected chi connectivity index (χ0v) is 19.9. The standard InChI is InChI=1S/C25H21FN4O5S/c1-35-19-11-12-20(21(13-19)30(33)34)28-23(31)14-22-24(32)29(15-16-7-9-17(26)10-8-16)25(36-22)27-18-5-3-2-4-6-18/h2-13,22H,14-15H2,1H3,(H,28,31). The molecule has 0 saturated carbocycles. The topological polar surface area (TPSA) is 114 Å². The Bertz CT molecular complexity index is 1320.